The number of aromatic nitrogens is 3. The smallest absolute Gasteiger partial charge is 0.382 e. The molecule has 0 spiro atoms. The van der Waals surface area contributed by atoms with Crippen molar-refractivity contribution in [1.29, 1.82) is 0 Å². The first kappa shape index (κ1) is 24.1. The lowest BCUT2D eigenvalue weighted by Gasteiger charge is -2.35. The number of hydrogen-bond acceptors (Lipinski definition) is 6. The molecule has 2 aliphatic heterocycles. The minimum Gasteiger partial charge on any atom is -0.382 e. The zero-order valence-electron chi connectivity index (χ0n) is 19.6. The van der Waals surface area contributed by atoms with Gasteiger partial charge in [0.05, 0.1) is 17.3 Å². The number of alkyl halides is 3. The average Bonchev–Trinajstić information content (AvgIpc) is 3.38. The number of nitrogens with zero attached hydrogens (tertiary/aromatic N) is 5. The third-order valence-electron chi connectivity index (χ3n) is 6.07. The van der Waals surface area contributed by atoms with Gasteiger partial charge in [0.25, 0.3) is 0 Å². The van der Waals surface area contributed by atoms with E-state index in [1.54, 1.807) is 25.5 Å². The van der Waals surface area contributed by atoms with Gasteiger partial charge in [0.1, 0.15) is 18.1 Å². The fraction of sp³-hybridized carbons (Fsp3) is 0.522. The molecule has 8 nitrogen and oxygen atoms in total. The topological polar surface area (TPSA) is 89.0 Å². The maximum atomic E-state index is 13.7. The summed E-state index contributed by atoms with van der Waals surface area (Å²) in [7, 11) is 1.57. The standard InChI is InChI=1S/C23H29F3N6O2/c1-22(2,3)10-18(33)30-8-7-15(12-30)31-11-14(5-6-19(31)34-4)17-9-16(23(24,25)26)20-21(27)28-13-29-32(17)20/h5-6,9,11,13,15,19H,7-8,10,12H2,1-4H3,(H2,27,28,29)/t15-,19?/m0/s1. The van der Waals surface area contributed by atoms with E-state index in [4.69, 9.17) is 10.5 Å². The molecule has 0 radical (unpaired) electrons. The summed E-state index contributed by atoms with van der Waals surface area (Å²) in [6.45, 7) is 7.21. The molecule has 2 aromatic rings. The SMILES string of the molecule is COC1C=CC(c2cc(C(F)(F)F)c3c(N)ncnn23)=CN1[C@H]1CCN(C(=O)CC(C)(C)C)C1. The van der Waals surface area contributed by atoms with Crippen molar-refractivity contribution in [2.24, 2.45) is 5.41 Å². The van der Waals surface area contributed by atoms with Crippen LogP contribution >= 0.6 is 0 Å². The Bertz CT molecular complexity index is 1150. The van der Waals surface area contributed by atoms with Crippen LogP contribution in [0.2, 0.25) is 0 Å². The second-order valence-electron chi connectivity index (χ2n) is 9.88. The van der Waals surface area contributed by atoms with Crippen molar-refractivity contribution in [3.8, 4) is 0 Å². The minimum atomic E-state index is -4.62. The van der Waals surface area contributed by atoms with Gasteiger partial charge < -0.3 is 20.3 Å². The first-order valence-corrected chi connectivity index (χ1v) is 11.1. The first-order chi connectivity index (χ1) is 15.9. The molecule has 1 unspecified atom stereocenters. The van der Waals surface area contributed by atoms with Crippen LogP contribution in [-0.2, 0) is 15.7 Å². The molecule has 4 heterocycles. The highest BCUT2D eigenvalue weighted by atomic mass is 19.4. The molecule has 2 aromatic heterocycles. The number of hydrogen-bond donors (Lipinski definition) is 1. The number of methoxy groups -OCH3 is 1. The summed E-state index contributed by atoms with van der Waals surface area (Å²) < 4.78 is 47.9. The quantitative estimate of drug-likeness (QED) is 0.723. The number of rotatable bonds is 4. The van der Waals surface area contributed by atoms with E-state index < -0.39 is 18.0 Å². The van der Waals surface area contributed by atoms with E-state index in [9.17, 15) is 18.0 Å². The van der Waals surface area contributed by atoms with Crippen LogP contribution in [-0.4, -0.2) is 62.8 Å². The number of carbonyl (C=O) groups excluding carboxylic acids is 1. The fourth-order valence-corrected chi connectivity index (χ4v) is 4.49. The predicted octanol–water partition coefficient (Wildman–Crippen LogP) is 3.55. The maximum absolute atomic E-state index is 13.7. The maximum Gasteiger partial charge on any atom is 0.418 e. The highest BCUT2D eigenvalue weighted by Crippen LogP contribution is 2.38. The molecule has 0 aliphatic carbocycles. The number of likely N-dealkylation sites (tertiary alicyclic amines) is 1. The second-order valence-corrected chi connectivity index (χ2v) is 9.88. The number of allylic oxidation sites excluding steroid dienone is 2. The van der Waals surface area contributed by atoms with Crippen LogP contribution < -0.4 is 5.73 Å². The minimum absolute atomic E-state index is 0.0400. The molecule has 1 fully saturated rings. The van der Waals surface area contributed by atoms with E-state index >= 15 is 0 Å². The molecule has 2 aliphatic rings. The van der Waals surface area contributed by atoms with Crippen LogP contribution in [0.25, 0.3) is 11.1 Å². The third kappa shape index (κ3) is 4.61. The van der Waals surface area contributed by atoms with E-state index in [0.29, 0.717) is 25.1 Å². The number of nitrogens with two attached hydrogens (primary N) is 1. The van der Waals surface area contributed by atoms with Crippen molar-refractivity contribution in [2.75, 3.05) is 25.9 Å². The Morgan fingerprint density at radius 2 is 2.03 bits per heavy atom. The van der Waals surface area contributed by atoms with Crippen LogP contribution in [0.5, 0.6) is 0 Å². The lowest BCUT2D eigenvalue weighted by atomic mass is 9.92. The monoisotopic (exact) mass is 478 g/mol. The Morgan fingerprint density at radius 1 is 1.29 bits per heavy atom. The molecule has 0 aromatic carbocycles. The molecule has 2 N–H and O–H groups in total. The molecule has 1 saturated heterocycles. The van der Waals surface area contributed by atoms with Crippen molar-refractivity contribution in [1.82, 2.24) is 24.4 Å². The third-order valence-corrected chi connectivity index (χ3v) is 6.07. The van der Waals surface area contributed by atoms with Gasteiger partial charge in [-0.05, 0) is 24.0 Å². The molecule has 2 atom stereocenters. The van der Waals surface area contributed by atoms with Crippen molar-refractivity contribution < 1.29 is 22.7 Å². The van der Waals surface area contributed by atoms with E-state index in [1.165, 1.54) is 4.52 Å². The van der Waals surface area contributed by atoms with Gasteiger partial charge in [-0.2, -0.15) is 18.3 Å². The fourth-order valence-electron chi connectivity index (χ4n) is 4.49. The normalized spacial score (nSPS) is 21.4. The van der Waals surface area contributed by atoms with Crippen molar-refractivity contribution in [3.05, 3.63) is 42.0 Å². The molecular weight excluding hydrogens is 449 g/mol. The molecular formula is C23H29F3N6O2. The molecule has 4 rings (SSSR count). The molecule has 1 amide bonds. The summed E-state index contributed by atoms with van der Waals surface area (Å²) in [6.07, 6.45) is 2.56. The summed E-state index contributed by atoms with van der Waals surface area (Å²) in [6, 6.07) is 0.997. The van der Waals surface area contributed by atoms with E-state index in [-0.39, 0.29) is 34.4 Å². The van der Waals surface area contributed by atoms with Gasteiger partial charge in [-0.1, -0.05) is 26.8 Å². The lowest BCUT2D eigenvalue weighted by molar-refractivity contribution is -0.136. The van der Waals surface area contributed by atoms with Crippen LogP contribution in [0.3, 0.4) is 0 Å². The highest BCUT2D eigenvalue weighted by Gasteiger charge is 2.38. The first-order valence-electron chi connectivity index (χ1n) is 11.1. The van der Waals surface area contributed by atoms with Crippen LogP contribution in [0.4, 0.5) is 19.0 Å². The molecule has 184 valence electrons. The van der Waals surface area contributed by atoms with Gasteiger partial charge in [0, 0.05) is 38.4 Å². The largest absolute Gasteiger partial charge is 0.418 e. The Balaban J connectivity index is 1.67. The number of halogens is 3. The predicted molar refractivity (Wildman–Crippen MR) is 121 cm³/mol. The molecule has 11 heteroatoms. The van der Waals surface area contributed by atoms with Gasteiger partial charge in [0.15, 0.2) is 5.82 Å². The number of fused-ring (bicyclic) bond motifs is 1. The average molecular weight is 479 g/mol. The van der Waals surface area contributed by atoms with Gasteiger partial charge >= 0.3 is 6.18 Å². The number of ether oxygens (including phenoxy) is 1. The lowest BCUT2D eigenvalue weighted by Crippen LogP contribution is -2.43. The Hall–Kier alpha value is -3.08. The van der Waals surface area contributed by atoms with E-state index in [1.807, 2.05) is 30.6 Å². The summed E-state index contributed by atoms with van der Waals surface area (Å²) in [5.74, 6) is -0.148. The highest BCUT2D eigenvalue weighted by molar-refractivity contribution is 5.81. The van der Waals surface area contributed by atoms with Crippen molar-refractivity contribution in [3.63, 3.8) is 0 Å². The van der Waals surface area contributed by atoms with Crippen molar-refractivity contribution >= 4 is 22.8 Å². The zero-order valence-corrected chi connectivity index (χ0v) is 19.6. The van der Waals surface area contributed by atoms with Crippen LogP contribution in [0.15, 0.2) is 30.7 Å². The van der Waals surface area contributed by atoms with Crippen LogP contribution in [0.1, 0.15) is 44.9 Å². The van der Waals surface area contributed by atoms with Gasteiger partial charge in [-0.15, -0.1) is 0 Å². The number of anilines is 1. The number of nitrogen functional groups attached to an aromatic ring is 1. The molecule has 0 bridgehead atoms. The Kier molecular flexibility index (Phi) is 6.09. The Labute approximate surface area is 195 Å². The van der Waals surface area contributed by atoms with E-state index in [2.05, 4.69) is 10.1 Å². The van der Waals surface area contributed by atoms with Gasteiger partial charge in [-0.25, -0.2) is 9.50 Å². The number of amides is 1. The second kappa shape index (κ2) is 8.61. The van der Waals surface area contributed by atoms with Crippen LogP contribution in [0, 0.1) is 5.41 Å². The zero-order chi connectivity index (χ0) is 24.8. The summed E-state index contributed by atoms with van der Waals surface area (Å²) >= 11 is 0. The van der Waals surface area contributed by atoms with Gasteiger partial charge in [0.2, 0.25) is 5.91 Å². The van der Waals surface area contributed by atoms with Crippen molar-refractivity contribution in [2.45, 2.75) is 52.1 Å². The van der Waals surface area contributed by atoms with E-state index in [0.717, 1.165) is 18.8 Å². The Morgan fingerprint density at radius 3 is 2.68 bits per heavy atom. The molecule has 34 heavy (non-hydrogen) atoms. The summed E-state index contributed by atoms with van der Waals surface area (Å²) in [5, 5.41) is 4.03. The number of carbonyl (C=O) groups is 1. The molecule has 0 saturated carbocycles. The van der Waals surface area contributed by atoms with Gasteiger partial charge in [-0.3, -0.25) is 4.79 Å². The summed E-state index contributed by atoms with van der Waals surface area (Å²) in [4.78, 5) is 20.2. The summed E-state index contributed by atoms with van der Waals surface area (Å²) in [5.41, 5.74) is 5.26.